The van der Waals surface area contributed by atoms with Crippen molar-refractivity contribution in [2.24, 2.45) is 5.41 Å². The van der Waals surface area contributed by atoms with Gasteiger partial charge < -0.3 is 19.1 Å². The van der Waals surface area contributed by atoms with Crippen molar-refractivity contribution < 1.29 is 19.0 Å². The first-order valence-corrected chi connectivity index (χ1v) is 11.8. The van der Waals surface area contributed by atoms with E-state index in [2.05, 4.69) is 12.1 Å². The third-order valence-corrected chi connectivity index (χ3v) is 7.32. The quantitative estimate of drug-likeness (QED) is 0.442. The lowest BCUT2D eigenvalue weighted by Crippen LogP contribution is -2.37. The van der Waals surface area contributed by atoms with Crippen LogP contribution in [0.25, 0.3) is 6.08 Å². The molecule has 2 heterocycles. The van der Waals surface area contributed by atoms with E-state index < -0.39 is 23.4 Å². The van der Waals surface area contributed by atoms with Crippen molar-refractivity contribution in [3.8, 4) is 29.4 Å². The number of nitriles is 2. The standard InChI is InChI=1S/C30H25N3O4/c1-35-23-15-21(16-24(36-2)28(23)37-3)25-26(27(34)20-10-5-4-6-11-20)33-14-13-19-9-7-8-12-22(19)29(33)30(25,17-31)18-32/h4-16,25-26,29H,1-3H3/t25-,26+,29-/m1/s1. The number of fused-ring (bicyclic) bond motifs is 3. The van der Waals surface area contributed by atoms with Crippen molar-refractivity contribution in [1.82, 2.24) is 4.90 Å². The van der Waals surface area contributed by atoms with Gasteiger partial charge in [0.05, 0.1) is 39.5 Å². The summed E-state index contributed by atoms with van der Waals surface area (Å²) in [6, 6.07) is 23.3. The summed E-state index contributed by atoms with van der Waals surface area (Å²) < 4.78 is 16.7. The van der Waals surface area contributed by atoms with Crippen LogP contribution in [0.2, 0.25) is 0 Å². The van der Waals surface area contributed by atoms with Gasteiger partial charge in [0.1, 0.15) is 6.04 Å². The molecule has 3 aromatic carbocycles. The number of rotatable bonds is 6. The molecule has 3 atom stereocenters. The van der Waals surface area contributed by atoms with Gasteiger partial charge in [-0.15, -0.1) is 0 Å². The second-order valence-electron chi connectivity index (χ2n) is 9.00. The monoisotopic (exact) mass is 491 g/mol. The highest BCUT2D eigenvalue weighted by Gasteiger charge is 2.64. The minimum absolute atomic E-state index is 0.180. The zero-order valence-electron chi connectivity index (χ0n) is 20.7. The maximum absolute atomic E-state index is 14.2. The Bertz CT molecular complexity index is 1430. The normalized spacial score (nSPS) is 20.7. The third kappa shape index (κ3) is 3.51. The van der Waals surface area contributed by atoms with Crippen molar-refractivity contribution in [2.45, 2.75) is 18.0 Å². The van der Waals surface area contributed by atoms with E-state index in [1.165, 1.54) is 21.3 Å². The SMILES string of the molecule is COc1cc([C@@H]2[C@@H](C(=O)c3ccccc3)N3C=Cc4ccccc4[C@@H]3C2(C#N)C#N)cc(OC)c1OC. The van der Waals surface area contributed by atoms with E-state index in [4.69, 9.17) is 14.2 Å². The van der Waals surface area contributed by atoms with E-state index in [9.17, 15) is 15.3 Å². The summed E-state index contributed by atoms with van der Waals surface area (Å²) in [5.74, 6) is 0.146. The molecule has 0 saturated carbocycles. The second kappa shape index (κ2) is 9.37. The van der Waals surface area contributed by atoms with Crippen LogP contribution in [0.4, 0.5) is 0 Å². The number of carbonyl (C=O) groups is 1. The number of ether oxygens (including phenoxy) is 3. The molecule has 2 aliphatic heterocycles. The van der Waals surface area contributed by atoms with Crippen LogP contribution in [0.1, 0.15) is 39.0 Å². The first-order valence-electron chi connectivity index (χ1n) is 11.8. The van der Waals surface area contributed by atoms with Crippen LogP contribution in [0.15, 0.2) is 72.9 Å². The Morgan fingerprint density at radius 3 is 2.11 bits per heavy atom. The minimum Gasteiger partial charge on any atom is -0.493 e. The highest BCUT2D eigenvalue weighted by Crippen LogP contribution is 2.61. The van der Waals surface area contributed by atoms with Crippen LogP contribution < -0.4 is 14.2 Å². The highest BCUT2D eigenvalue weighted by atomic mass is 16.5. The summed E-state index contributed by atoms with van der Waals surface area (Å²) in [7, 11) is 4.52. The summed E-state index contributed by atoms with van der Waals surface area (Å²) in [5, 5.41) is 21.4. The van der Waals surface area contributed by atoms with Crippen LogP contribution in [0, 0.1) is 28.1 Å². The Balaban J connectivity index is 1.81. The van der Waals surface area contributed by atoms with E-state index >= 15 is 0 Å². The van der Waals surface area contributed by atoms with Crippen molar-refractivity contribution in [3.05, 3.63) is 95.2 Å². The first-order chi connectivity index (χ1) is 18.0. The topological polar surface area (TPSA) is 95.6 Å². The predicted molar refractivity (Wildman–Crippen MR) is 137 cm³/mol. The highest BCUT2D eigenvalue weighted by molar-refractivity contribution is 6.01. The molecule has 0 bridgehead atoms. The molecule has 1 fully saturated rings. The molecule has 2 aliphatic rings. The molecule has 0 spiro atoms. The van der Waals surface area contributed by atoms with Gasteiger partial charge >= 0.3 is 0 Å². The minimum atomic E-state index is -1.60. The van der Waals surface area contributed by atoms with Crippen LogP contribution in [0.5, 0.6) is 17.2 Å². The van der Waals surface area contributed by atoms with Gasteiger partial charge in [0.15, 0.2) is 22.7 Å². The van der Waals surface area contributed by atoms with Gasteiger partial charge in [-0.05, 0) is 34.9 Å². The fraction of sp³-hybridized carbons (Fsp3) is 0.233. The molecule has 0 aromatic heterocycles. The van der Waals surface area contributed by atoms with Crippen LogP contribution in [-0.2, 0) is 0 Å². The fourth-order valence-electron chi connectivity index (χ4n) is 5.72. The average Bonchev–Trinajstić information content (AvgIpc) is 3.27. The van der Waals surface area contributed by atoms with Crippen LogP contribution >= 0.6 is 0 Å². The molecule has 5 rings (SSSR count). The molecule has 0 N–H and O–H groups in total. The van der Waals surface area contributed by atoms with Gasteiger partial charge in [-0.25, -0.2) is 0 Å². The Hall–Kier alpha value is -4.75. The number of methoxy groups -OCH3 is 3. The molecule has 184 valence electrons. The largest absolute Gasteiger partial charge is 0.493 e. The predicted octanol–water partition coefficient (Wildman–Crippen LogP) is 5.12. The van der Waals surface area contributed by atoms with Crippen molar-refractivity contribution in [3.63, 3.8) is 0 Å². The van der Waals surface area contributed by atoms with E-state index in [1.54, 1.807) is 36.4 Å². The lowest BCUT2D eigenvalue weighted by atomic mass is 9.67. The van der Waals surface area contributed by atoms with E-state index in [1.807, 2.05) is 47.5 Å². The zero-order chi connectivity index (χ0) is 26.2. The van der Waals surface area contributed by atoms with Gasteiger partial charge in [0.25, 0.3) is 0 Å². The summed E-state index contributed by atoms with van der Waals surface area (Å²) in [6.45, 7) is 0. The molecule has 37 heavy (non-hydrogen) atoms. The summed E-state index contributed by atoms with van der Waals surface area (Å²) in [6.07, 6.45) is 3.76. The maximum Gasteiger partial charge on any atom is 0.203 e. The number of hydrogen-bond donors (Lipinski definition) is 0. The second-order valence-corrected chi connectivity index (χ2v) is 9.00. The molecule has 0 unspecified atom stereocenters. The van der Waals surface area contributed by atoms with Gasteiger partial charge in [-0.2, -0.15) is 10.5 Å². The molecule has 0 aliphatic carbocycles. The lowest BCUT2D eigenvalue weighted by molar-refractivity contribution is 0.0874. The maximum atomic E-state index is 14.2. The summed E-state index contributed by atoms with van der Waals surface area (Å²) >= 11 is 0. The zero-order valence-corrected chi connectivity index (χ0v) is 20.7. The van der Waals surface area contributed by atoms with Gasteiger partial charge in [-0.1, -0.05) is 54.6 Å². The third-order valence-electron chi connectivity index (χ3n) is 7.32. The van der Waals surface area contributed by atoms with Gasteiger partial charge in [-0.3, -0.25) is 4.79 Å². The van der Waals surface area contributed by atoms with Gasteiger partial charge in [0, 0.05) is 17.7 Å². The van der Waals surface area contributed by atoms with Crippen molar-refractivity contribution in [2.75, 3.05) is 21.3 Å². The molecule has 7 heteroatoms. The number of ketones is 1. The van der Waals surface area contributed by atoms with Crippen LogP contribution in [0.3, 0.4) is 0 Å². The van der Waals surface area contributed by atoms with Crippen LogP contribution in [-0.4, -0.2) is 38.1 Å². The summed E-state index contributed by atoms with van der Waals surface area (Å²) in [5.41, 5.74) is 1.22. The smallest absolute Gasteiger partial charge is 0.203 e. The van der Waals surface area contributed by atoms with E-state index in [-0.39, 0.29) is 5.78 Å². The molecule has 7 nitrogen and oxygen atoms in total. The number of nitrogens with zero attached hydrogens (tertiary/aromatic N) is 3. The number of benzene rings is 3. The van der Waals surface area contributed by atoms with E-state index in [0.717, 1.165) is 11.1 Å². The lowest BCUT2D eigenvalue weighted by Gasteiger charge is -2.34. The molecule has 1 saturated heterocycles. The first kappa shape index (κ1) is 24.0. The molecular weight excluding hydrogens is 466 g/mol. The number of carbonyl (C=O) groups excluding carboxylic acids is 1. The average molecular weight is 492 g/mol. The van der Waals surface area contributed by atoms with E-state index in [0.29, 0.717) is 28.4 Å². The fourth-order valence-corrected chi connectivity index (χ4v) is 5.72. The van der Waals surface area contributed by atoms with Crippen molar-refractivity contribution >= 4 is 11.9 Å². The Morgan fingerprint density at radius 1 is 0.892 bits per heavy atom. The number of Topliss-reactive ketones (excluding diaryl/α,β-unsaturated/α-hetero) is 1. The molecular formula is C30H25N3O4. The van der Waals surface area contributed by atoms with Gasteiger partial charge in [0.2, 0.25) is 5.75 Å². The Kier molecular flexibility index (Phi) is 6.07. The molecule has 0 radical (unpaired) electrons. The Morgan fingerprint density at radius 2 is 1.51 bits per heavy atom. The summed E-state index contributed by atoms with van der Waals surface area (Å²) in [4.78, 5) is 16.0. The molecule has 0 amide bonds. The molecule has 3 aromatic rings. The van der Waals surface area contributed by atoms with Crippen molar-refractivity contribution in [1.29, 1.82) is 10.5 Å². The number of hydrogen-bond acceptors (Lipinski definition) is 7. The Labute approximate surface area is 215 Å².